The van der Waals surface area contributed by atoms with E-state index in [9.17, 15) is 18.5 Å². The molecule has 0 spiro atoms. The van der Waals surface area contributed by atoms with Crippen LogP contribution in [-0.2, 0) is 10.0 Å². The highest BCUT2D eigenvalue weighted by Crippen LogP contribution is 2.36. The number of sulfonamides is 1. The van der Waals surface area contributed by atoms with E-state index >= 15 is 0 Å². The summed E-state index contributed by atoms with van der Waals surface area (Å²) < 4.78 is 26.0. The quantitative estimate of drug-likeness (QED) is 0.668. The molecule has 0 aliphatic heterocycles. The van der Waals surface area contributed by atoms with Crippen molar-refractivity contribution < 1.29 is 13.3 Å². The van der Waals surface area contributed by atoms with Crippen LogP contribution < -0.4 is 4.72 Å². The first-order chi connectivity index (χ1) is 8.40. The van der Waals surface area contributed by atoms with Crippen molar-refractivity contribution in [3.05, 3.63) is 20.5 Å². The number of nitrogens with zero attached hydrogens (tertiary/aromatic N) is 1. The first kappa shape index (κ1) is 13.7. The number of nitrogens with one attached hydrogen (secondary N) is 1. The molecule has 1 aliphatic rings. The third-order valence-corrected chi connectivity index (χ3v) is 6.13. The molecule has 0 saturated heterocycles. The zero-order chi connectivity index (χ0) is 13.3. The zero-order valence-electron chi connectivity index (χ0n) is 9.26. The second kappa shape index (κ2) is 5.12. The standard InChI is InChI=1S/C9H11ClN2O4S2/c10-9-7(12(13)14)4-8(17-9)18(15,16)11-5-6-2-1-3-6/h4,6,11H,1-3,5H2. The fourth-order valence-electron chi connectivity index (χ4n) is 1.59. The lowest BCUT2D eigenvalue weighted by molar-refractivity contribution is -0.384. The second-order valence-electron chi connectivity index (χ2n) is 4.13. The molecule has 100 valence electrons. The SMILES string of the molecule is O=[N+]([O-])c1cc(S(=O)(=O)NCC2CCC2)sc1Cl. The van der Waals surface area contributed by atoms with E-state index in [-0.39, 0.29) is 14.2 Å². The lowest BCUT2D eigenvalue weighted by Crippen LogP contribution is -2.31. The van der Waals surface area contributed by atoms with Crippen LogP contribution in [-0.4, -0.2) is 19.9 Å². The van der Waals surface area contributed by atoms with Crippen molar-refractivity contribution in [3.8, 4) is 0 Å². The fraction of sp³-hybridized carbons (Fsp3) is 0.556. The van der Waals surface area contributed by atoms with Crippen LogP contribution in [0.3, 0.4) is 0 Å². The van der Waals surface area contributed by atoms with Gasteiger partial charge < -0.3 is 0 Å². The highest BCUT2D eigenvalue weighted by Gasteiger charge is 2.26. The Balaban J connectivity index is 2.13. The van der Waals surface area contributed by atoms with Crippen LogP contribution >= 0.6 is 22.9 Å². The van der Waals surface area contributed by atoms with Gasteiger partial charge in [0.15, 0.2) is 4.34 Å². The Morgan fingerprint density at radius 1 is 1.56 bits per heavy atom. The molecule has 2 rings (SSSR count). The van der Waals surface area contributed by atoms with Crippen molar-refractivity contribution >= 4 is 38.6 Å². The van der Waals surface area contributed by atoms with Crippen LogP contribution in [0.25, 0.3) is 0 Å². The molecular weight excluding hydrogens is 300 g/mol. The van der Waals surface area contributed by atoms with E-state index in [4.69, 9.17) is 11.6 Å². The minimum Gasteiger partial charge on any atom is -0.258 e. The summed E-state index contributed by atoms with van der Waals surface area (Å²) in [6, 6.07) is 0.996. The van der Waals surface area contributed by atoms with E-state index in [1.165, 1.54) is 0 Å². The van der Waals surface area contributed by atoms with Crippen molar-refractivity contribution in [2.45, 2.75) is 23.5 Å². The van der Waals surface area contributed by atoms with E-state index < -0.39 is 14.9 Å². The molecule has 1 aromatic heterocycles. The maximum Gasteiger partial charge on any atom is 0.300 e. The Morgan fingerprint density at radius 3 is 2.67 bits per heavy atom. The monoisotopic (exact) mass is 310 g/mol. The van der Waals surface area contributed by atoms with Gasteiger partial charge in [-0.15, -0.1) is 11.3 Å². The van der Waals surface area contributed by atoms with Gasteiger partial charge in [-0.05, 0) is 18.8 Å². The van der Waals surface area contributed by atoms with Gasteiger partial charge in [0.05, 0.1) is 4.92 Å². The van der Waals surface area contributed by atoms with E-state index in [0.29, 0.717) is 23.8 Å². The van der Waals surface area contributed by atoms with Gasteiger partial charge in [0, 0.05) is 12.6 Å². The van der Waals surface area contributed by atoms with E-state index in [1.54, 1.807) is 0 Å². The molecule has 1 aromatic rings. The number of hydrogen-bond donors (Lipinski definition) is 1. The summed E-state index contributed by atoms with van der Waals surface area (Å²) in [6.07, 6.45) is 3.17. The summed E-state index contributed by atoms with van der Waals surface area (Å²) in [5, 5.41) is 10.6. The minimum absolute atomic E-state index is 0.112. The number of nitro groups is 1. The van der Waals surface area contributed by atoms with Crippen molar-refractivity contribution in [2.75, 3.05) is 6.54 Å². The zero-order valence-corrected chi connectivity index (χ0v) is 11.6. The maximum atomic E-state index is 11.9. The lowest BCUT2D eigenvalue weighted by Gasteiger charge is -2.25. The summed E-state index contributed by atoms with van der Waals surface area (Å²) in [6.45, 7) is 0.381. The Bertz CT molecular complexity index is 565. The van der Waals surface area contributed by atoms with E-state index in [2.05, 4.69) is 4.72 Å². The normalized spacial score (nSPS) is 16.5. The van der Waals surface area contributed by atoms with Crippen LogP contribution in [0.5, 0.6) is 0 Å². The highest BCUT2D eigenvalue weighted by molar-refractivity contribution is 7.91. The summed E-state index contributed by atoms with van der Waals surface area (Å²) in [5.41, 5.74) is -0.370. The Kier molecular flexibility index (Phi) is 3.90. The van der Waals surface area contributed by atoms with Gasteiger partial charge in [-0.2, -0.15) is 0 Å². The predicted molar refractivity (Wildman–Crippen MR) is 68.5 cm³/mol. The van der Waals surface area contributed by atoms with E-state index in [0.717, 1.165) is 25.3 Å². The summed E-state index contributed by atoms with van der Waals surface area (Å²) in [4.78, 5) is 9.91. The molecule has 0 unspecified atom stereocenters. The van der Waals surface area contributed by atoms with Crippen LogP contribution in [0.4, 0.5) is 5.69 Å². The first-order valence-electron chi connectivity index (χ1n) is 5.33. The van der Waals surface area contributed by atoms with Crippen LogP contribution in [0.2, 0.25) is 4.34 Å². The highest BCUT2D eigenvalue weighted by atomic mass is 35.5. The van der Waals surface area contributed by atoms with Gasteiger partial charge in [-0.25, -0.2) is 13.1 Å². The molecule has 0 atom stereocenters. The maximum absolute atomic E-state index is 11.9. The molecule has 1 N–H and O–H groups in total. The van der Waals surface area contributed by atoms with Crippen LogP contribution in [0.15, 0.2) is 10.3 Å². The Morgan fingerprint density at radius 2 is 2.22 bits per heavy atom. The molecule has 1 aliphatic carbocycles. The Hall–Kier alpha value is -0.700. The molecule has 9 heteroatoms. The lowest BCUT2D eigenvalue weighted by atomic mass is 9.86. The topological polar surface area (TPSA) is 89.3 Å². The largest absolute Gasteiger partial charge is 0.300 e. The smallest absolute Gasteiger partial charge is 0.258 e. The van der Waals surface area contributed by atoms with Gasteiger partial charge in [0.1, 0.15) is 4.21 Å². The van der Waals surface area contributed by atoms with Crippen molar-refractivity contribution in [3.63, 3.8) is 0 Å². The first-order valence-corrected chi connectivity index (χ1v) is 8.01. The van der Waals surface area contributed by atoms with E-state index in [1.807, 2.05) is 0 Å². The molecule has 1 fully saturated rings. The molecular formula is C9H11ClN2O4S2. The number of halogens is 1. The number of thiophene rings is 1. The van der Waals surface area contributed by atoms with Gasteiger partial charge in [0.2, 0.25) is 10.0 Å². The van der Waals surface area contributed by atoms with Crippen LogP contribution in [0, 0.1) is 16.0 Å². The average molecular weight is 311 g/mol. The van der Waals surface area contributed by atoms with Gasteiger partial charge in [-0.3, -0.25) is 10.1 Å². The minimum atomic E-state index is -3.69. The summed E-state index contributed by atoms with van der Waals surface area (Å²) in [5.74, 6) is 0.380. The van der Waals surface area contributed by atoms with Crippen molar-refractivity contribution in [2.24, 2.45) is 5.92 Å². The Labute approximate surface area is 113 Å². The second-order valence-corrected chi connectivity index (χ2v) is 7.78. The van der Waals surface area contributed by atoms with Gasteiger partial charge in [-0.1, -0.05) is 18.0 Å². The molecule has 0 amide bonds. The molecule has 0 bridgehead atoms. The number of hydrogen-bond acceptors (Lipinski definition) is 5. The fourth-order valence-corrected chi connectivity index (χ4v) is 4.42. The molecule has 1 heterocycles. The molecule has 0 radical (unpaired) electrons. The molecule has 1 saturated carbocycles. The average Bonchev–Trinajstić information content (AvgIpc) is 2.58. The summed E-state index contributed by atoms with van der Waals surface area (Å²) in [7, 11) is -3.69. The summed E-state index contributed by atoms with van der Waals surface area (Å²) >= 11 is 6.33. The van der Waals surface area contributed by atoms with Gasteiger partial charge in [0.25, 0.3) is 5.69 Å². The number of rotatable bonds is 5. The molecule has 0 aromatic carbocycles. The third kappa shape index (κ3) is 2.82. The predicted octanol–water partition coefficient (Wildman–Crippen LogP) is 2.39. The molecule has 6 nitrogen and oxygen atoms in total. The van der Waals surface area contributed by atoms with Gasteiger partial charge >= 0.3 is 0 Å². The van der Waals surface area contributed by atoms with Crippen molar-refractivity contribution in [1.29, 1.82) is 0 Å². The molecule has 18 heavy (non-hydrogen) atoms. The van der Waals surface area contributed by atoms with Crippen molar-refractivity contribution in [1.82, 2.24) is 4.72 Å². The van der Waals surface area contributed by atoms with Crippen LogP contribution in [0.1, 0.15) is 19.3 Å². The third-order valence-electron chi connectivity index (χ3n) is 2.89.